The minimum absolute atomic E-state index is 0.104. The fourth-order valence-corrected chi connectivity index (χ4v) is 1.94. The van der Waals surface area contributed by atoms with Crippen molar-refractivity contribution in [3.8, 4) is 11.5 Å². The van der Waals surface area contributed by atoms with Crippen molar-refractivity contribution < 1.29 is 9.32 Å². The molecule has 5 nitrogen and oxygen atoms in total. The van der Waals surface area contributed by atoms with Gasteiger partial charge in [-0.05, 0) is 34.5 Å². The predicted octanol–water partition coefficient (Wildman–Crippen LogP) is 2.81. The maximum Gasteiger partial charge on any atom is 0.234 e. The number of carbonyl (C=O) groups is 1. The Kier molecular flexibility index (Phi) is 4.19. The van der Waals surface area contributed by atoms with Gasteiger partial charge in [-0.25, -0.2) is 0 Å². The van der Waals surface area contributed by atoms with E-state index in [1.807, 2.05) is 13.0 Å². The van der Waals surface area contributed by atoms with Crippen molar-refractivity contribution in [2.24, 2.45) is 0 Å². The van der Waals surface area contributed by atoms with Crippen molar-refractivity contribution in [2.45, 2.75) is 26.2 Å². The fraction of sp³-hybridized carbons (Fsp3) is 0.333. The highest BCUT2D eigenvalue weighted by Crippen LogP contribution is 2.22. The van der Waals surface area contributed by atoms with E-state index in [1.54, 1.807) is 12.3 Å². The highest BCUT2D eigenvalue weighted by molar-refractivity contribution is 9.10. The number of aromatic nitrogens is 3. The Morgan fingerprint density at radius 1 is 1.50 bits per heavy atom. The number of Topliss-reactive ketones (excluding diaryl/α,β-unsaturated/α-hetero) is 1. The maximum absolute atomic E-state index is 11.5. The van der Waals surface area contributed by atoms with Gasteiger partial charge in [0.1, 0.15) is 11.5 Å². The molecule has 0 aliphatic heterocycles. The molecule has 2 heterocycles. The van der Waals surface area contributed by atoms with Crippen LogP contribution in [0.25, 0.3) is 11.5 Å². The maximum atomic E-state index is 11.5. The number of halogens is 1. The number of rotatable bonds is 5. The van der Waals surface area contributed by atoms with Crippen molar-refractivity contribution in [2.75, 3.05) is 0 Å². The van der Waals surface area contributed by atoms with Gasteiger partial charge in [0.15, 0.2) is 0 Å². The molecule has 2 rings (SSSR count). The minimum atomic E-state index is 0.104. The van der Waals surface area contributed by atoms with E-state index in [2.05, 4.69) is 31.1 Å². The number of nitrogens with zero attached hydrogens (tertiary/aromatic N) is 3. The summed E-state index contributed by atoms with van der Waals surface area (Å²) in [4.78, 5) is 19.8. The highest BCUT2D eigenvalue weighted by Gasteiger charge is 2.14. The van der Waals surface area contributed by atoms with Gasteiger partial charge in [-0.1, -0.05) is 12.1 Å². The zero-order valence-electron chi connectivity index (χ0n) is 9.89. The van der Waals surface area contributed by atoms with Crippen LogP contribution in [0.4, 0.5) is 0 Å². The highest BCUT2D eigenvalue weighted by atomic mass is 79.9. The van der Waals surface area contributed by atoms with Gasteiger partial charge in [0.25, 0.3) is 0 Å². The van der Waals surface area contributed by atoms with Gasteiger partial charge in [0.05, 0.1) is 6.42 Å². The molecule has 0 saturated carbocycles. The van der Waals surface area contributed by atoms with Crippen molar-refractivity contribution in [1.29, 1.82) is 0 Å². The summed E-state index contributed by atoms with van der Waals surface area (Å²) in [6.45, 7) is 1.96. The first-order chi connectivity index (χ1) is 8.70. The van der Waals surface area contributed by atoms with E-state index in [0.29, 0.717) is 23.8 Å². The van der Waals surface area contributed by atoms with Crippen LogP contribution >= 0.6 is 15.9 Å². The molecule has 0 unspecified atom stereocenters. The number of hydrogen-bond donors (Lipinski definition) is 0. The van der Waals surface area contributed by atoms with Gasteiger partial charge in [0, 0.05) is 17.1 Å². The molecule has 0 aliphatic carbocycles. The summed E-state index contributed by atoms with van der Waals surface area (Å²) in [5, 5.41) is 3.83. The van der Waals surface area contributed by atoms with Crippen molar-refractivity contribution in [3.63, 3.8) is 0 Å². The third kappa shape index (κ3) is 3.01. The van der Waals surface area contributed by atoms with Gasteiger partial charge < -0.3 is 4.52 Å². The Morgan fingerprint density at radius 2 is 2.33 bits per heavy atom. The summed E-state index contributed by atoms with van der Waals surface area (Å²) in [6, 6.07) is 3.65. The first-order valence-corrected chi connectivity index (χ1v) is 6.45. The fourth-order valence-electron chi connectivity index (χ4n) is 1.51. The van der Waals surface area contributed by atoms with Crippen molar-refractivity contribution in [1.82, 2.24) is 15.1 Å². The number of hydrogen-bond acceptors (Lipinski definition) is 5. The molecule has 0 radical (unpaired) electrons. The quantitative estimate of drug-likeness (QED) is 0.849. The van der Waals surface area contributed by atoms with Crippen LogP contribution in [0.2, 0.25) is 0 Å². The largest absolute Gasteiger partial charge is 0.338 e. The van der Waals surface area contributed by atoms with Gasteiger partial charge in [-0.3, -0.25) is 9.78 Å². The van der Waals surface area contributed by atoms with E-state index in [4.69, 9.17) is 4.52 Å². The summed E-state index contributed by atoms with van der Waals surface area (Å²) in [5.41, 5.74) is 0.607. The molecular formula is C12H12BrN3O2. The van der Waals surface area contributed by atoms with E-state index >= 15 is 0 Å². The monoisotopic (exact) mass is 309 g/mol. The summed E-state index contributed by atoms with van der Waals surface area (Å²) in [5.74, 6) is 0.829. The Bertz CT molecular complexity index is 554. The zero-order valence-corrected chi connectivity index (χ0v) is 11.5. The number of pyridine rings is 1. The van der Waals surface area contributed by atoms with E-state index < -0.39 is 0 Å². The lowest BCUT2D eigenvalue weighted by Gasteiger charge is -1.95. The SMILES string of the molecule is CCCC(=O)Cc1nc(-c2ncccc2Br)no1. The van der Waals surface area contributed by atoms with Gasteiger partial charge in [-0.2, -0.15) is 4.98 Å². The van der Waals surface area contributed by atoms with Crippen LogP contribution in [0.3, 0.4) is 0 Å². The molecule has 0 N–H and O–H groups in total. The second kappa shape index (κ2) is 5.86. The van der Waals surface area contributed by atoms with Crippen LogP contribution in [0, 0.1) is 0 Å². The molecule has 0 spiro atoms. The first kappa shape index (κ1) is 12.9. The summed E-state index contributed by atoms with van der Waals surface area (Å²) < 4.78 is 5.84. The van der Waals surface area contributed by atoms with Crippen LogP contribution in [-0.2, 0) is 11.2 Å². The van der Waals surface area contributed by atoms with E-state index in [0.717, 1.165) is 10.9 Å². The van der Waals surface area contributed by atoms with Crippen molar-refractivity contribution in [3.05, 3.63) is 28.7 Å². The third-order valence-corrected chi connectivity index (χ3v) is 2.96. The molecule has 0 aromatic carbocycles. The van der Waals surface area contributed by atoms with Crippen LogP contribution in [0.15, 0.2) is 27.3 Å². The molecule has 2 aromatic heterocycles. The van der Waals surface area contributed by atoms with Gasteiger partial charge in [-0.15, -0.1) is 0 Å². The van der Waals surface area contributed by atoms with Crippen LogP contribution in [0.1, 0.15) is 25.7 Å². The second-order valence-corrected chi connectivity index (χ2v) is 4.67. The van der Waals surface area contributed by atoms with Crippen molar-refractivity contribution >= 4 is 21.7 Å². The average Bonchev–Trinajstić information content (AvgIpc) is 2.78. The third-order valence-electron chi connectivity index (χ3n) is 2.32. The molecule has 0 amide bonds. The lowest BCUT2D eigenvalue weighted by atomic mass is 10.2. The molecule has 0 atom stereocenters. The van der Waals surface area contributed by atoms with Crippen LogP contribution in [0.5, 0.6) is 0 Å². The zero-order chi connectivity index (χ0) is 13.0. The number of carbonyl (C=O) groups excluding carboxylic acids is 1. The van der Waals surface area contributed by atoms with E-state index in [9.17, 15) is 4.79 Å². The number of ketones is 1. The average molecular weight is 310 g/mol. The second-order valence-electron chi connectivity index (χ2n) is 3.81. The van der Waals surface area contributed by atoms with Crippen LogP contribution in [-0.4, -0.2) is 20.9 Å². The van der Waals surface area contributed by atoms with Gasteiger partial charge >= 0.3 is 0 Å². The summed E-state index contributed by atoms with van der Waals surface area (Å²) >= 11 is 3.37. The predicted molar refractivity (Wildman–Crippen MR) is 68.8 cm³/mol. The molecule has 94 valence electrons. The summed E-state index contributed by atoms with van der Waals surface area (Å²) in [7, 11) is 0. The molecule has 6 heteroatoms. The van der Waals surface area contributed by atoms with E-state index in [1.165, 1.54) is 0 Å². The Morgan fingerprint density at radius 3 is 3.06 bits per heavy atom. The molecule has 18 heavy (non-hydrogen) atoms. The first-order valence-electron chi connectivity index (χ1n) is 5.66. The molecule has 0 aliphatic rings. The standard InChI is InChI=1S/C12H12BrN3O2/c1-2-4-8(17)7-10-15-12(16-18-10)11-9(13)5-3-6-14-11/h3,5-6H,2,4,7H2,1H3. The Hall–Kier alpha value is -1.56. The van der Waals surface area contributed by atoms with Gasteiger partial charge in [0.2, 0.25) is 11.7 Å². The smallest absolute Gasteiger partial charge is 0.234 e. The normalized spacial score (nSPS) is 10.6. The summed E-state index contributed by atoms with van der Waals surface area (Å²) in [6.07, 6.45) is 3.19. The Labute approximate surface area is 113 Å². The molecule has 0 fully saturated rings. The topological polar surface area (TPSA) is 68.9 Å². The molecule has 0 saturated heterocycles. The van der Waals surface area contributed by atoms with Crippen LogP contribution < -0.4 is 0 Å². The minimum Gasteiger partial charge on any atom is -0.338 e. The molecule has 2 aromatic rings. The Balaban J connectivity index is 2.16. The lowest BCUT2D eigenvalue weighted by Crippen LogP contribution is -2.01. The lowest BCUT2D eigenvalue weighted by molar-refractivity contribution is -0.118. The van der Waals surface area contributed by atoms with E-state index in [-0.39, 0.29) is 12.2 Å². The molecular weight excluding hydrogens is 298 g/mol. The molecule has 0 bridgehead atoms.